The van der Waals surface area contributed by atoms with Gasteiger partial charge in [0.1, 0.15) is 5.82 Å². The van der Waals surface area contributed by atoms with Crippen LogP contribution < -0.4 is 15.1 Å². The van der Waals surface area contributed by atoms with Gasteiger partial charge in [0, 0.05) is 17.3 Å². The van der Waals surface area contributed by atoms with Crippen molar-refractivity contribution in [3.05, 3.63) is 69.2 Å². The van der Waals surface area contributed by atoms with Gasteiger partial charge >= 0.3 is 11.3 Å². The summed E-state index contributed by atoms with van der Waals surface area (Å²) >= 11 is 7.81. The van der Waals surface area contributed by atoms with Gasteiger partial charge < -0.3 is 0 Å². The van der Waals surface area contributed by atoms with E-state index in [-0.39, 0.29) is 34.2 Å². The third kappa shape index (κ3) is 3.74. The van der Waals surface area contributed by atoms with Crippen LogP contribution in [-0.2, 0) is 4.79 Å². The molecule has 0 saturated carbocycles. The highest BCUT2D eigenvalue weighted by Crippen LogP contribution is 2.40. The first kappa shape index (κ1) is 21.5. The highest BCUT2D eigenvalue weighted by molar-refractivity contribution is 7.99. The molecule has 0 aliphatic carbocycles. The second kappa shape index (κ2) is 8.80. The Labute approximate surface area is 188 Å². The van der Waals surface area contributed by atoms with Crippen molar-refractivity contribution in [1.29, 1.82) is 0 Å². The molecule has 31 heavy (non-hydrogen) atoms. The van der Waals surface area contributed by atoms with Crippen LogP contribution in [0.1, 0.15) is 38.4 Å². The zero-order valence-electron chi connectivity index (χ0n) is 17.1. The highest BCUT2D eigenvalue weighted by atomic mass is 35.5. The predicted molar refractivity (Wildman–Crippen MR) is 119 cm³/mol. The minimum absolute atomic E-state index is 0.0938. The Balaban J connectivity index is 2.08. The SMILES string of the molecule is CCCSc1n[n+]2c(c(=O)[nH]1)-c1ccccc1N(C(=O)CC)C2c1c(F)cccc1Cl. The fraction of sp³-hybridized carbons (Fsp3) is 0.273. The molecule has 4 rings (SSSR count). The van der Waals surface area contributed by atoms with Gasteiger partial charge in [0.05, 0.1) is 21.8 Å². The van der Waals surface area contributed by atoms with Crippen LogP contribution in [0.15, 0.2) is 52.4 Å². The second-order valence-corrected chi connectivity index (χ2v) is 8.54. The number of anilines is 1. The van der Waals surface area contributed by atoms with E-state index in [2.05, 4.69) is 10.1 Å². The number of thioether (sulfide) groups is 1. The van der Waals surface area contributed by atoms with Crippen molar-refractivity contribution in [1.82, 2.24) is 10.1 Å². The fourth-order valence-corrected chi connectivity index (χ4v) is 4.66. The van der Waals surface area contributed by atoms with Gasteiger partial charge in [0.2, 0.25) is 11.1 Å². The Bertz CT molecular complexity index is 1200. The van der Waals surface area contributed by atoms with Crippen molar-refractivity contribution in [2.45, 2.75) is 38.0 Å². The number of fused-ring (bicyclic) bond motifs is 3. The molecule has 9 heteroatoms. The van der Waals surface area contributed by atoms with Gasteiger partial charge in [0.15, 0.2) is 0 Å². The molecule has 0 spiro atoms. The Hall–Kier alpha value is -2.71. The number of rotatable bonds is 5. The largest absolute Gasteiger partial charge is 0.325 e. The molecule has 1 aromatic heterocycles. The zero-order valence-corrected chi connectivity index (χ0v) is 18.6. The number of para-hydroxylation sites is 1. The van der Waals surface area contributed by atoms with Crippen LogP contribution in [-0.4, -0.2) is 21.7 Å². The molecule has 1 N–H and O–H groups in total. The Morgan fingerprint density at radius 2 is 2.03 bits per heavy atom. The number of amides is 1. The molecule has 160 valence electrons. The molecule has 6 nitrogen and oxygen atoms in total. The van der Waals surface area contributed by atoms with Crippen LogP contribution in [0.5, 0.6) is 0 Å². The van der Waals surface area contributed by atoms with E-state index in [1.807, 2.05) is 6.92 Å². The minimum Gasteiger partial charge on any atom is -0.291 e. The van der Waals surface area contributed by atoms with Crippen molar-refractivity contribution < 1.29 is 13.9 Å². The second-order valence-electron chi connectivity index (χ2n) is 7.04. The van der Waals surface area contributed by atoms with Crippen LogP contribution in [0.3, 0.4) is 0 Å². The summed E-state index contributed by atoms with van der Waals surface area (Å²) in [6.45, 7) is 3.76. The Morgan fingerprint density at radius 3 is 2.74 bits per heavy atom. The lowest BCUT2D eigenvalue weighted by Gasteiger charge is -2.32. The van der Waals surface area contributed by atoms with E-state index < -0.39 is 12.0 Å². The lowest BCUT2D eigenvalue weighted by atomic mass is 10.0. The minimum atomic E-state index is -1.03. The summed E-state index contributed by atoms with van der Waals surface area (Å²) in [6, 6.07) is 11.4. The standard InChI is InChI=1S/C22H20ClFN4O2S/c1-3-12-31-22-25-20(30)19-13-8-5-6-11-16(13)27(17(29)4-2)21(28(19)26-22)18-14(23)9-7-10-15(18)24/h5-11,21H,3-4,12H2,1-2H3/p+1. The first-order valence-electron chi connectivity index (χ1n) is 10.0. The molecule has 1 aliphatic heterocycles. The molecular formula is C22H21ClFN4O2S+. The van der Waals surface area contributed by atoms with Crippen molar-refractivity contribution in [2.75, 3.05) is 10.7 Å². The van der Waals surface area contributed by atoms with Gasteiger partial charge in [-0.1, -0.05) is 55.4 Å². The number of aromatic nitrogens is 3. The van der Waals surface area contributed by atoms with E-state index in [0.717, 1.165) is 12.2 Å². The molecule has 0 bridgehead atoms. The predicted octanol–water partition coefficient (Wildman–Crippen LogP) is 4.32. The van der Waals surface area contributed by atoms with E-state index in [9.17, 15) is 9.59 Å². The number of H-pyrrole nitrogens is 1. The number of carbonyl (C=O) groups excluding carboxylic acids is 1. The van der Waals surface area contributed by atoms with E-state index in [4.69, 9.17) is 11.6 Å². The molecule has 1 atom stereocenters. The van der Waals surface area contributed by atoms with Gasteiger partial charge in [-0.3, -0.25) is 14.6 Å². The summed E-state index contributed by atoms with van der Waals surface area (Å²) in [6.07, 6.45) is 0.0457. The van der Waals surface area contributed by atoms with Crippen LogP contribution >= 0.6 is 23.4 Å². The van der Waals surface area contributed by atoms with E-state index in [0.29, 0.717) is 16.4 Å². The summed E-state index contributed by atoms with van der Waals surface area (Å²) in [7, 11) is 0. The van der Waals surface area contributed by atoms with Crippen molar-refractivity contribution in [3.63, 3.8) is 0 Å². The molecule has 1 amide bonds. The highest BCUT2D eigenvalue weighted by Gasteiger charge is 2.47. The number of hydrogen-bond acceptors (Lipinski definition) is 4. The third-order valence-electron chi connectivity index (χ3n) is 5.03. The number of nitrogens with zero attached hydrogens (tertiary/aromatic N) is 3. The summed E-state index contributed by atoms with van der Waals surface area (Å²) in [5, 5.41) is 5.18. The topological polar surface area (TPSA) is 69.9 Å². The average molecular weight is 460 g/mol. The molecule has 0 radical (unpaired) electrons. The Morgan fingerprint density at radius 1 is 1.26 bits per heavy atom. The smallest absolute Gasteiger partial charge is 0.291 e. The lowest BCUT2D eigenvalue weighted by molar-refractivity contribution is -0.763. The van der Waals surface area contributed by atoms with Gasteiger partial charge in [-0.15, -0.1) is 0 Å². The van der Waals surface area contributed by atoms with Gasteiger partial charge in [-0.2, -0.15) is 0 Å². The molecule has 1 unspecified atom stereocenters. The maximum absolute atomic E-state index is 15.1. The number of nitrogens with one attached hydrogen (secondary N) is 1. The number of carbonyl (C=O) groups is 1. The lowest BCUT2D eigenvalue weighted by Crippen LogP contribution is -2.61. The van der Waals surface area contributed by atoms with Crippen LogP contribution in [0.2, 0.25) is 5.02 Å². The number of halogens is 2. The molecular weight excluding hydrogens is 439 g/mol. The average Bonchev–Trinajstić information content (AvgIpc) is 2.76. The Kier molecular flexibility index (Phi) is 6.11. The number of benzene rings is 2. The third-order valence-corrected chi connectivity index (χ3v) is 6.43. The summed E-state index contributed by atoms with van der Waals surface area (Å²) in [5.74, 6) is -0.0597. The quantitative estimate of drug-likeness (QED) is 0.455. The molecule has 2 heterocycles. The van der Waals surface area contributed by atoms with Crippen LogP contribution in [0.25, 0.3) is 11.3 Å². The van der Waals surface area contributed by atoms with Gasteiger partial charge in [-0.05, 0) is 35.4 Å². The van der Waals surface area contributed by atoms with Crippen molar-refractivity contribution >= 4 is 35.0 Å². The first-order valence-corrected chi connectivity index (χ1v) is 11.4. The molecule has 3 aromatic rings. The summed E-state index contributed by atoms with van der Waals surface area (Å²) < 4.78 is 16.5. The van der Waals surface area contributed by atoms with E-state index >= 15 is 4.39 Å². The maximum atomic E-state index is 15.1. The summed E-state index contributed by atoms with van der Waals surface area (Å²) in [4.78, 5) is 30.6. The van der Waals surface area contributed by atoms with E-state index in [1.54, 1.807) is 37.3 Å². The van der Waals surface area contributed by atoms with Gasteiger partial charge in [0.25, 0.3) is 6.17 Å². The zero-order chi connectivity index (χ0) is 22.1. The molecule has 2 aromatic carbocycles. The number of aromatic amines is 1. The monoisotopic (exact) mass is 459 g/mol. The van der Waals surface area contributed by atoms with Crippen LogP contribution in [0.4, 0.5) is 10.1 Å². The van der Waals surface area contributed by atoms with Gasteiger partial charge in [-0.25, -0.2) is 9.29 Å². The van der Waals surface area contributed by atoms with Crippen LogP contribution in [0, 0.1) is 5.82 Å². The maximum Gasteiger partial charge on any atom is 0.325 e. The first-order chi connectivity index (χ1) is 15.0. The number of hydrogen-bond donors (Lipinski definition) is 1. The molecule has 0 saturated heterocycles. The van der Waals surface area contributed by atoms with Crippen molar-refractivity contribution in [2.24, 2.45) is 0 Å². The summed E-state index contributed by atoms with van der Waals surface area (Å²) in [5.41, 5.74) is 1.05. The van der Waals surface area contributed by atoms with Crippen molar-refractivity contribution in [3.8, 4) is 11.3 Å². The molecule has 1 aliphatic rings. The van der Waals surface area contributed by atoms with E-state index in [1.165, 1.54) is 33.5 Å². The molecule has 0 fully saturated rings. The normalized spacial score (nSPS) is 14.8. The fourth-order valence-electron chi connectivity index (χ4n) is 3.69.